The average molecular weight is 577 g/mol. The predicted octanol–water partition coefficient (Wildman–Crippen LogP) is 5.53. The van der Waals surface area contributed by atoms with Crippen LogP contribution in [-0.4, -0.2) is 53.9 Å². The Bertz CT molecular complexity index is 1410. The van der Waals surface area contributed by atoms with Gasteiger partial charge in [0, 0.05) is 30.2 Å². The number of carbonyl (C=O) groups is 3. The number of carbonyl (C=O) groups excluding carboxylic acids is 3. The lowest BCUT2D eigenvalue weighted by Crippen LogP contribution is -2.35. The highest BCUT2D eigenvalue weighted by molar-refractivity contribution is 6.16. The van der Waals surface area contributed by atoms with E-state index in [9.17, 15) is 18.8 Å². The molecule has 0 saturated heterocycles. The molecule has 0 aliphatic heterocycles. The van der Waals surface area contributed by atoms with Crippen LogP contribution in [0.15, 0.2) is 60.8 Å². The van der Waals surface area contributed by atoms with Crippen LogP contribution in [0.25, 0.3) is 0 Å². The Hall–Kier alpha value is -4.51. The van der Waals surface area contributed by atoms with Gasteiger partial charge in [0.25, 0.3) is 0 Å². The minimum absolute atomic E-state index is 0.338. The van der Waals surface area contributed by atoms with Crippen LogP contribution in [-0.2, 0) is 9.59 Å². The summed E-state index contributed by atoms with van der Waals surface area (Å²) in [7, 11) is 0. The number of anilines is 3. The van der Waals surface area contributed by atoms with Gasteiger partial charge in [-0.15, -0.1) is 0 Å². The molecule has 1 saturated carbocycles. The molecular weight excluding hydrogens is 539 g/mol. The van der Waals surface area contributed by atoms with Gasteiger partial charge < -0.3 is 25.6 Å². The van der Waals surface area contributed by atoms with Crippen LogP contribution in [0.5, 0.6) is 11.5 Å². The number of nitrogens with zero attached hydrogens (tertiary/aromatic N) is 2. The van der Waals surface area contributed by atoms with Crippen LogP contribution in [0.1, 0.15) is 38.7 Å². The van der Waals surface area contributed by atoms with Crippen molar-refractivity contribution in [3.63, 3.8) is 0 Å². The standard InChI is InChI=1S/C31H37FN6O4/c1-4-38(5-2)18-6-16-34-30(41)37-27-20-25(13-17-33-27)42-26-12-11-24(19-21(26)3)36-29(40)31(14-15-31)28(39)35-23-9-7-22(32)8-10-23/h7-13,17,19-20H,4-6,14-16,18H2,1-3H3,(H,35,39)(H,36,40)(H2,33,34,37,41). The quantitative estimate of drug-likeness (QED) is 0.157. The summed E-state index contributed by atoms with van der Waals surface area (Å²) in [5.41, 5.74) is 0.556. The van der Waals surface area contributed by atoms with Gasteiger partial charge >= 0.3 is 6.03 Å². The normalized spacial score (nSPS) is 13.3. The summed E-state index contributed by atoms with van der Waals surface area (Å²) in [6.07, 6.45) is 3.25. The molecule has 0 unspecified atom stereocenters. The second-order valence-electron chi connectivity index (χ2n) is 10.2. The van der Waals surface area contributed by atoms with E-state index in [0.29, 0.717) is 48.1 Å². The number of rotatable bonds is 13. The van der Waals surface area contributed by atoms with E-state index in [-0.39, 0.29) is 6.03 Å². The molecule has 1 fully saturated rings. The highest BCUT2D eigenvalue weighted by Gasteiger charge is 2.56. The second-order valence-corrected chi connectivity index (χ2v) is 10.2. The molecule has 0 radical (unpaired) electrons. The topological polar surface area (TPSA) is 125 Å². The van der Waals surface area contributed by atoms with Gasteiger partial charge in [-0.2, -0.15) is 0 Å². The summed E-state index contributed by atoms with van der Waals surface area (Å²) < 4.78 is 19.2. The van der Waals surface area contributed by atoms with Crippen LogP contribution < -0.4 is 26.0 Å². The molecule has 4 rings (SSSR count). The Morgan fingerprint density at radius 3 is 2.24 bits per heavy atom. The Morgan fingerprint density at radius 2 is 1.60 bits per heavy atom. The number of pyridine rings is 1. The molecule has 1 aromatic heterocycles. The van der Waals surface area contributed by atoms with Gasteiger partial charge in [0.15, 0.2) is 0 Å². The number of hydrogen-bond donors (Lipinski definition) is 4. The summed E-state index contributed by atoms with van der Waals surface area (Å²) in [6, 6.07) is 13.5. The number of nitrogens with one attached hydrogen (secondary N) is 4. The number of urea groups is 1. The largest absolute Gasteiger partial charge is 0.457 e. The molecule has 3 aromatic rings. The van der Waals surface area contributed by atoms with Crippen LogP contribution >= 0.6 is 0 Å². The number of benzene rings is 2. The Morgan fingerprint density at radius 1 is 0.929 bits per heavy atom. The summed E-state index contributed by atoms with van der Waals surface area (Å²) in [6.45, 7) is 9.51. The van der Waals surface area contributed by atoms with Crippen molar-refractivity contribution in [1.29, 1.82) is 0 Å². The number of hydrogen-bond acceptors (Lipinski definition) is 6. The third-order valence-electron chi connectivity index (χ3n) is 7.19. The van der Waals surface area contributed by atoms with E-state index >= 15 is 0 Å². The fourth-order valence-electron chi connectivity index (χ4n) is 4.43. The smallest absolute Gasteiger partial charge is 0.320 e. The Balaban J connectivity index is 1.29. The van der Waals surface area contributed by atoms with Gasteiger partial charge in [-0.25, -0.2) is 14.2 Å². The highest BCUT2D eigenvalue weighted by Crippen LogP contribution is 2.47. The highest BCUT2D eigenvalue weighted by atomic mass is 19.1. The fraction of sp³-hybridized carbons (Fsp3) is 0.355. The number of ether oxygens (including phenoxy) is 1. The molecule has 1 aliphatic carbocycles. The van der Waals surface area contributed by atoms with Gasteiger partial charge in [-0.05, 0) is 99.9 Å². The Labute approximate surface area is 245 Å². The number of amides is 4. The monoisotopic (exact) mass is 576 g/mol. The zero-order valence-corrected chi connectivity index (χ0v) is 24.1. The maximum atomic E-state index is 13.2. The average Bonchev–Trinajstić information content (AvgIpc) is 3.79. The third kappa shape index (κ3) is 8.03. The molecule has 0 atom stereocenters. The maximum absolute atomic E-state index is 13.2. The molecule has 42 heavy (non-hydrogen) atoms. The molecule has 11 heteroatoms. The molecule has 1 aliphatic rings. The summed E-state index contributed by atoms with van der Waals surface area (Å²) in [5, 5.41) is 11.1. The van der Waals surface area contributed by atoms with E-state index < -0.39 is 23.0 Å². The van der Waals surface area contributed by atoms with Gasteiger partial charge in [0.1, 0.15) is 28.5 Å². The lowest BCUT2D eigenvalue weighted by Gasteiger charge is -2.17. The number of aromatic nitrogens is 1. The molecule has 10 nitrogen and oxygen atoms in total. The SMILES string of the molecule is CCN(CC)CCCNC(=O)Nc1cc(Oc2ccc(NC(=O)C3(C(=O)Nc4ccc(F)cc4)CC3)cc2C)ccn1. The lowest BCUT2D eigenvalue weighted by molar-refractivity contribution is -0.131. The minimum atomic E-state index is -1.16. The summed E-state index contributed by atoms with van der Waals surface area (Å²) in [5.74, 6) is 0.168. The fourth-order valence-corrected chi connectivity index (χ4v) is 4.43. The molecule has 0 spiro atoms. The lowest BCUT2D eigenvalue weighted by atomic mass is 10.0. The van der Waals surface area contributed by atoms with Crippen molar-refractivity contribution in [3.8, 4) is 11.5 Å². The first-order valence-electron chi connectivity index (χ1n) is 14.1. The molecule has 4 N–H and O–H groups in total. The van der Waals surface area contributed by atoms with Gasteiger partial charge in [0.2, 0.25) is 11.8 Å². The maximum Gasteiger partial charge on any atom is 0.320 e. The van der Waals surface area contributed by atoms with E-state index in [1.807, 2.05) is 6.92 Å². The van der Waals surface area contributed by atoms with Crippen LogP contribution in [0.2, 0.25) is 0 Å². The van der Waals surface area contributed by atoms with Crippen molar-refractivity contribution in [2.45, 2.75) is 40.0 Å². The van der Waals surface area contributed by atoms with Crippen molar-refractivity contribution < 1.29 is 23.5 Å². The van der Waals surface area contributed by atoms with Crippen LogP contribution in [0.4, 0.5) is 26.4 Å². The van der Waals surface area contributed by atoms with E-state index in [4.69, 9.17) is 4.74 Å². The van der Waals surface area contributed by atoms with Crippen molar-refractivity contribution in [2.24, 2.45) is 5.41 Å². The molecule has 4 amide bonds. The van der Waals surface area contributed by atoms with Gasteiger partial charge in [-0.3, -0.25) is 14.9 Å². The predicted molar refractivity (Wildman–Crippen MR) is 160 cm³/mol. The molecule has 0 bridgehead atoms. The van der Waals surface area contributed by atoms with E-state index in [1.165, 1.54) is 24.3 Å². The minimum Gasteiger partial charge on any atom is -0.457 e. The van der Waals surface area contributed by atoms with Crippen molar-refractivity contribution in [2.75, 3.05) is 42.1 Å². The van der Waals surface area contributed by atoms with Crippen molar-refractivity contribution in [1.82, 2.24) is 15.2 Å². The second kappa shape index (κ2) is 13.9. The van der Waals surface area contributed by atoms with Gasteiger partial charge in [-0.1, -0.05) is 13.8 Å². The first kappa shape index (κ1) is 30.4. The van der Waals surface area contributed by atoms with Crippen molar-refractivity contribution >= 4 is 35.0 Å². The van der Waals surface area contributed by atoms with Gasteiger partial charge in [0.05, 0.1) is 0 Å². The van der Waals surface area contributed by atoms with E-state index in [0.717, 1.165) is 31.6 Å². The Kier molecular flexibility index (Phi) is 10.1. The molecular formula is C31H37FN6O4. The zero-order valence-electron chi connectivity index (χ0n) is 24.1. The first-order valence-corrected chi connectivity index (χ1v) is 14.1. The van der Waals surface area contributed by atoms with Crippen LogP contribution in [0, 0.1) is 18.2 Å². The summed E-state index contributed by atoms with van der Waals surface area (Å²) in [4.78, 5) is 44.6. The molecule has 222 valence electrons. The summed E-state index contributed by atoms with van der Waals surface area (Å²) >= 11 is 0. The van der Waals surface area contributed by atoms with Crippen LogP contribution in [0.3, 0.4) is 0 Å². The number of halogens is 1. The molecule has 2 aromatic carbocycles. The van der Waals surface area contributed by atoms with E-state index in [2.05, 4.69) is 45.0 Å². The first-order chi connectivity index (χ1) is 20.2. The number of aryl methyl sites for hydroxylation is 1. The molecule has 1 heterocycles. The van der Waals surface area contributed by atoms with Crippen molar-refractivity contribution in [3.05, 3.63) is 72.2 Å². The third-order valence-corrected chi connectivity index (χ3v) is 7.19. The zero-order chi connectivity index (χ0) is 30.1. The van der Waals surface area contributed by atoms with E-state index in [1.54, 1.807) is 36.5 Å².